The molecular weight excluding hydrogens is 449 g/mol. The van der Waals surface area contributed by atoms with Gasteiger partial charge in [0.25, 0.3) is 11.8 Å². The van der Waals surface area contributed by atoms with Crippen molar-refractivity contribution in [1.29, 1.82) is 0 Å². The van der Waals surface area contributed by atoms with E-state index in [2.05, 4.69) is 20.8 Å². The maximum atomic E-state index is 12.9. The van der Waals surface area contributed by atoms with E-state index in [1.165, 1.54) is 29.2 Å². The van der Waals surface area contributed by atoms with Crippen molar-refractivity contribution >= 4 is 45.8 Å². The molecule has 0 radical (unpaired) electrons. The van der Waals surface area contributed by atoms with E-state index in [0.29, 0.717) is 28.2 Å². The van der Waals surface area contributed by atoms with Crippen molar-refractivity contribution in [2.45, 2.75) is 19.3 Å². The van der Waals surface area contributed by atoms with Crippen molar-refractivity contribution < 1.29 is 23.6 Å². The third-order valence-corrected chi connectivity index (χ3v) is 5.75. The van der Waals surface area contributed by atoms with E-state index in [-0.39, 0.29) is 42.2 Å². The van der Waals surface area contributed by atoms with Gasteiger partial charge in [0.05, 0.1) is 11.1 Å². The Kier molecular flexibility index (Phi) is 6.50. The zero-order valence-electron chi connectivity index (χ0n) is 17.2. The number of imide groups is 1. The van der Waals surface area contributed by atoms with Crippen molar-refractivity contribution in [3.05, 3.63) is 70.5 Å². The van der Waals surface area contributed by atoms with E-state index in [1.807, 2.05) is 0 Å². The monoisotopic (exact) mass is 467 g/mol. The summed E-state index contributed by atoms with van der Waals surface area (Å²) < 4.78 is 12.9. The number of amides is 4. The number of carbonyl (C=O) groups is 4. The molecule has 0 spiro atoms. The molecule has 9 nitrogen and oxygen atoms in total. The molecule has 4 amide bonds. The second-order valence-electron chi connectivity index (χ2n) is 7.16. The third kappa shape index (κ3) is 5.26. The van der Waals surface area contributed by atoms with Crippen LogP contribution < -0.4 is 10.6 Å². The van der Waals surface area contributed by atoms with Gasteiger partial charge >= 0.3 is 0 Å². The smallest absolute Gasteiger partial charge is 0.261 e. The third-order valence-electron chi connectivity index (χ3n) is 4.85. The Morgan fingerprint density at radius 1 is 0.879 bits per heavy atom. The predicted octanol–water partition coefficient (Wildman–Crippen LogP) is 2.87. The number of fused-ring (bicyclic) bond motifs is 1. The number of anilines is 2. The molecule has 1 aliphatic heterocycles. The zero-order valence-corrected chi connectivity index (χ0v) is 18.0. The fourth-order valence-corrected chi connectivity index (χ4v) is 3.97. The van der Waals surface area contributed by atoms with Crippen LogP contribution in [0, 0.1) is 5.82 Å². The molecule has 2 heterocycles. The van der Waals surface area contributed by atoms with Crippen LogP contribution in [0.1, 0.15) is 38.6 Å². The number of aromatic nitrogens is 2. The Morgan fingerprint density at radius 2 is 1.48 bits per heavy atom. The lowest BCUT2D eigenvalue weighted by atomic mass is 10.1. The summed E-state index contributed by atoms with van der Waals surface area (Å²) in [5.41, 5.74) is 1.21. The Hall–Kier alpha value is -3.99. The quantitative estimate of drug-likeness (QED) is 0.492. The largest absolute Gasteiger partial charge is 0.326 e. The Morgan fingerprint density at radius 3 is 2.12 bits per heavy atom. The normalized spacial score (nSPS) is 12.6. The highest BCUT2D eigenvalue weighted by Crippen LogP contribution is 2.23. The summed E-state index contributed by atoms with van der Waals surface area (Å²) in [7, 11) is 0. The highest BCUT2D eigenvalue weighted by molar-refractivity contribution is 7.15. The molecule has 0 fully saturated rings. The molecule has 11 heteroatoms. The van der Waals surface area contributed by atoms with Crippen molar-refractivity contribution in [2.75, 3.05) is 17.2 Å². The second-order valence-corrected chi connectivity index (χ2v) is 8.22. The summed E-state index contributed by atoms with van der Waals surface area (Å²) >= 11 is 1.13. The number of hydrogen-bond acceptors (Lipinski definition) is 7. The number of benzene rings is 2. The first kappa shape index (κ1) is 22.2. The van der Waals surface area contributed by atoms with Crippen LogP contribution in [0.3, 0.4) is 0 Å². The predicted molar refractivity (Wildman–Crippen MR) is 118 cm³/mol. The summed E-state index contributed by atoms with van der Waals surface area (Å²) in [6.07, 6.45) is 0.171. The lowest BCUT2D eigenvalue weighted by Gasteiger charge is -2.12. The van der Waals surface area contributed by atoms with E-state index in [4.69, 9.17) is 0 Å². The minimum atomic E-state index is -0.410. The van der Waals surface area contributed by atoms with Crippen LogP contribution in [-0.2, 0) is 16.0 Å². The van der Waals surface area contributed by atoms with Crippen LogP contribution in [0.15, 0.2) is 48.5 Å². The maximum Gasteiger partial charge on any atom is 0.261 e. The number of nitrogens with zero attached hydrogens (tertiary/aromatic N) is 3. The first-order valence-electron chi connectivity index (χ1n) is 10.0. The molecule has 33 heavy (non-hydrogen) atoms. The van der Waals surface area contributed by atoms with Gasteiger partial charge in [-0.25, -0.2) is 4.39 Å². The van der Waals surface area contributed by atoms with Gasteiger partial charge in [0.1, 0.15) is 10.8 Å². The molecule has 0 atom stereocenters. The fraction of sp³-hybridized carbons (Fsp3) is 0.182. The molecule has 2 N–H and O–H groups in total. The van der Waals surface area contributed by atoms with E-state index in [1.54, 1.807) is 24.3 Å². The fourth-order valence-electron chi connectivity index (χ4n) is 3.22. The molecular formula is C22H18FN5O4S. The molecule has 1 aliphatic rings. The standard InChI is InChI=1S/C22H18FN5O4S/c23-13-5-7-14(8-6-13)24-17(29)9-10-18(30)25-22-27-26-19(33-22)11-12-28-20(31)15-3-1-2-4-16(15)21(28)32/h1-8H,9-12H2,(H,24,29)(H,25,27,30). The molecule has 168 valence electrons. The Labute approximate surface area is 191 Å². The number of carbonyl (C=O) groups excluding carboxylic acids is 4. The molecule has 0 unspecified atom stereocenters. The minimum absolute atomic E-state index is 0.0609. The van der Waals surface area contributed by atoms with Crippen molar-refractivity contribution in [1.82, 2.24) is 15.1 Å². The molecule has 0 saturated heterocycles. The molecule has 3 aromatic rings. The maximum absolute atomic E-state index is 12.9. The van der Waals surface area contributed by atoms with Crippen molar-refractivity contribution in [2.24, 2.45) is 0 Å². The lowest BCUT2D eigenvalue weighted by molar-refractivity contribution is -0.121. The number of rotatable bonds is 8. The SMILES string of the molecule is O=C(CCC(=O)Nc1nnc(CCN2C(=O)c3ccccc3C2=O)s1)Nc1ccc(F)cc1. The van der Waals surface area contributed by atoms with E-state index < -0.39 is 11.7 Å². The van der Waals surface area contributed by atoms with E-state index >= 15 is 0 Å². The van der Waals surface area contributed by atoms with Gasteiger partial charge in [-0.1, -0.05) is 23.5 Å². The average Bonchev–Trinajstić information content (AvgIpc) is 3.35. The van der Waals surface area contributed by atoms with Gasteiger partial charge in [0, 0.05) is 31.5 Å². The van der Waals surface area contributed by atoms with Crippen LogP contribution >= 0.6 is 11.3 Å². The van der Waals surface area contributed by atoms with Gasteiger partial charge in [0.2, 0.25) is 16.9 Å². The van der Waals surface area contributed by atoms with E-state index in [0.717, 1.165) is 11.3 Å². The lowest BCUT2D eigenvalue weighted by Crippen LogP contribution is -2.31. The Bertz CT molecular complexity index is 1190. The molecule has 2 aromatic carbocycles. The summed E-state index contributed by atoms with van der Waals surface area (Å²) in [6.45, 7) is 0.151. The van der Waals surface area contributed by atoms with Crippen LogP contribution in [0.5, 0.6) is 0 Å². The van der Waals surface area contributed by atoms with Crippen LogP contribution in [0.25, 0.3) is 0 Å². The van der Waals surface area contributed by atoms with Crippen LogP contribution in [0.4, 0.5) is 15.2 Å². The topological polar surface area (TPSA) is 121 Å². The number of nitrogens with one attached hydrogen (secondary N) is 2. The summed E-state index contributed by atoms with van der Waals surface area (Å²) in [5.74, 6) is -1.88. The molecule has 0 aliphatic carbocycles. The first-order valence-corrected chi connectivity index (χ1v) is 10.9. The first-order chi connectivity index (χ1) is 15.9. The molecule has 0 bridgehead atoms. The average molecular weight is 467 g/mol. The number of halogens is 1. The highest BCUT2D eigenvalue weighted by atomic mass is 32.1. The number of hydrogen-bond donors (Lipinski definition) is 2. The molecule has 0 saturated carbocycles. The zero-order chi connectivity index (χ0) is 23.4. The minimum Gasteiger partial charge on any atom is -0.326 e. The molecule has 1 aromatic heterocycles. The van der Waals surface area contributed by atoms with Crippen molar-refractivity contribution in [3.63, 3.8) is 0 Å². The van der Waals surface area contributed by atoms with Crippen LogP contribution in [-0.4, -0.2) is 45.3 Å². The van der Waals surface area contributed by atoms with Gasteiger partial charge < -0.3 is 10.6 Å². The van der Waals surface area contributed by atoms with Gasteiger partial charge in [-0.3, -0.25) is 24.1 Å². The van der Waals surface area contributed by atoms with Gasteiger partial charge in [0.15, 0.2) is 0 Å². The highest BCUT2D eigenvalue weighted by Gasteiger charge is 2.34. The Balaban J connectivity index is 1.23. The second kappa shape index (κ2) is 9.65. The van der Waals surface area contributed by atoms with Crippen molar-refractivity contribution in [3.8, 4) is 0 Å². The summed E-state index contributed by atoms with van der Waals surface area (Å²) in [4.78, 5) is 50.0. The van der Waals surface area contributed by atoms with E-state index in [9.17, 15) is 23.6 Å². The van der Waals surface area contributed by atoms with Gasteiger partial charge in [-0.2, -0.15) is 0 Å². The van der Waals surface area contributed by atoms with Gasteiger partial charge in [-0.05, 0) is 36.4 Å². The van der Waals surface area contributed by atoms with Gasteiger partial charge in [-0.15, -0.1) is 10.2 Å². The summed E-state index contributed by atoms with van der Waals surface area (Å²) in [6, 6.07) is 12.0. The van der Waals surface area contributed by atoms with Crippen LogP contribution in [0.2, 0.25) is 0 Å². The summed E-state index contributed by atoms with van der Waals surface area (Å²) in [5, 5.41) is 13.8. The molecule has 4 rings (SSSR count).